The van der Waals surface area contributed by atoms with E-state index in [0.29, 0.717) is 12.2 Å². The van der Waals surface area contributed by atoms with Gasteiger partial charge in [-0.2, -0.15) is 0 Å². The van der Waals surface area contributed by atoms with Gasteiger partial charge < -0.3 is 10.2 Å². The van der Waals surface area contributed by atoms with E-state index in [2.05, 4.69) is 51.4 Å². The van der Waals surface area contributed by atoms with Crippen molar-refractivity contribution < 1.29 is 4.79 Å². The van der Waals surface area contributed by atoms with Gasteiger partial charge in [-0.3, -0.25) is 4.79 Å². The molecule has 28 heavy (non-hydrogen) atoms. The smallest absolute Gasteiger partial charge is 0.271 e. The van der Waals surface area contributed by atoms with E-state index >= 15 is 0 Å². The zero-order chi connectivity index (χ0) is 19.6. The normalized spacial score (nSPS) is 10.5. The van der Waals surface area contributed by atoms with Gasteiger partial charge in [-0.05, 0) is 30.9 Å². The Hall–Kier alpha value is -3.21. The van der Waals surface area contributed by atoms with Crippen molar-refractivity contribution >= 4 is 11.7 Å². The van der Waals surface area contributed by atoms with Gasteiger partial charge in [0.15, 0.2) is 0 Å². The zero-order valence-electron chi connectivity index (χ0n) is 16.2. The SMILES string of the molecule is CCN(Cc1ccccc1)c1cnc(C(=O)NCCCc2ccccc2)cn1. The summed E-state index contributed by atoms with van der Waals surface area (Å²) in [6, 6.07) is 20.5. The quantitative estimate of drug-likeness (QED) is 0.578. The molecule has 0 saturated heterocycles. The van der Waals surface area contributed by atoms with E-state index < -0.39 is 0 Å². The van der Waals surface area contributed by atoms with Gasteiger partial charge in [-0.1, -0.05) is 60.7 Å². The largest absolute Gasteiger partial charge is 0.351 e. The van der Waals surface area contributed by atoms with Crippen LogP contribution in [0, 0.1) is 0 Å². The van der Waals surface area contributed by atoms with E-state index in [4.69, 9.17) is 0 Å². The van der Waals surface area contributed by atoms with Crippen LogP contribution >= 0.6 is 0 Å². The molecule has 0 unspecified atom stereocenters. The lowest BCUT2D eigenvalue weighted by atomic mass is 10.1. The van der Waals surface area contributed by atoms with Gasteiger partial charge in [0.25, 0.3) is 5.91 Å². The number of rotatable bonds is 9. The fourth-order valence-electron chi connectivity index (χ4n) is 2.99. The number of anilines is 1. The Bertz CT molecular complexity index is 851. The average Bonchev–Trinajstić information content (AvgIpc) is 2.76. The second-order valence-electron chi connectivity index (χ2n) is 6.60. The number of hydrogen-bond acceptors (Lipinski definition) is 4. The lowest BCUT2D eigenvalue weighted by Gasteiger charge is -2.21. The molecule has 1 amide bonds. The highest BCUT2D eigenvalue weighted by Gasteiger charge is 2.11. The molecule has 144 valence electrons. The number of hydrogen-bond donors (Lipinski definition) is 1. The van der Waals surface area contributed by atoms with Crippen molar-refractivity contribution in [3.05, 3.63) is 89.9 Å². The molecule has 0 aliphatic heterocycles. The minimum atomic E-state index is -0.182. The fraction of sp³-hybridized carbons (Fsp3) is 0.261. The third kappa shape index (κ3) is 5.64. The molecule has 3 rings (SSSR count). The highest BCUT2D eigenvalue weighted by Crippen LogP contribution is 2.13. The third-order valence-electron chi connectivity index (χ3n) is 4.56. The van der Waals surface area contributed by atoms with Gasteiger partial charge in [-0.25, -0.2) is 9.97 Å². The zero-order valence-corrected chi connectivity index (χ0v) is 16.2. The van der Waals surface area contributed by atoms with Crippen LogP contribution in [0.3, 0.4) is 0 Å². The molecule has 0 bridgehead atoms. The Morgan fingerprint density at radius 2 is 1.61 bits per heavy atom. The van der Waals surface area contributed by atoms with E-state index in [1.807, 2.05) is 36.4 Å². The summed E-state index contributed by atoms with van der Waals surface area (Å²) in [4.78, 5) is 23.2. The van der Waals surface area contributed by atoms with Crippen LogP contribution in [-0.4, -0.2) is 29.0 Å². The molecular weight excluding hydrogens is 348 g/mol. The number of aromatic nitrogens is 2. The number of carbonyl (C=O) groups excluding carboxylic acids is 1. The molecule has 0 spiro atoms. The van der Waals surface area contributed by atoms with Crippen molar-refractivity contribution in [2.75, 3.05) is 18.0 Å². The molecule has 0 saturated carbocycles. The molecule has 3 aromatic rings. The lowest BCUT2D eigenvalue weighted by molar-refractivity contribution is 0.0948. The van der Waals surface area contributed by atoms with Crippen LogP contribution in [0.4, 0.5) is 5.82 Å². The Balaban J connectivity index is 1.50. The third-order valence-corrected chi connectivity index (χ3v) is 4.56. The summed E-state index contributed by atoms with van der Waals surface area (Å²) in [7, 11) is 0. The van der Waals surface area contributed by atoms with Crippen molar-refractivity contribution in [2.45, 2.75) is 26.3 Å². The average molecular weight is 374 g/mol. The molecule has 0 aliphatic rings. The predicted octanol–water partition coefficient (Wildman–Crippen LogP) is 3.87. The highest BCUT2D eigenvalue weighted by molar-refractivity contribution is 5.91. The van der Waals surface area contributed by atoms with Crippen LogP contribution in [0.25, 0.3) is 0 Å². The number of benzene rings is 2. The molecule has 1 N–H and O–H groups in total. The first kappa shape index (κ1) is 19.5. The van der Waals surface area contributed by atoms with Crippen LogP contribution in [0.1, 0.15) is 35.0 Å². The van der Waals surface area contributed by atoms with Crippen molar-refractivity contribution in [1.29, 1.82) is 0 Å². The molecular formula is C23H26N4O. The number of aryl methyl sites for hydroxylation is 1. The minimum Gasteiger partial charge on any atom is -0.351 e. The van der Waals surface area contributed by atoms with Gasteiger partial charge >= 0.3 is 0 Å². The highest BCUT2D eigenvalue weighted by atomic mass is 16.1. The predicted molar refractivity (Wildman–Crippen MR) is 112 cm³/mol. The Kier molecular flexibility index (Phi) is 7.13. The molecule has 0 aliphatic carbocycles. The molecule has 0 radical (unpaired) electrons. The molecule has 0 fully saturated rings. The Labute approximate surface area is 166 Å². The molecule has 5 heteroatoms. The maximum Gasteiger partial charge on any atom is 0.271 e. The van der Waals surface area contributed by atoms with Crippen LogP contribution in [0.5, 0.6) is 0 Å². The Morgan fingerprint density at radius 3 is 2.21 bits per heavy atom. The first-order valence-electron chi connectivity index (χ1n) is 9.69. The lowest BCUT2D eigenvalue weighted by Crippen LogP contribution is -2.27. The summed E-state index contributed by atoms with van der Waals surface area (Å²) in [5, 5.41) is 2.92. The fourth-order valence-corrected chi connectivity index (χ4v) is 2.99. The van der Waals surface area contributed by atoms with Gasteiger partial charge in [0.05, 0.1) is 12.4 Å². The van der Waals surface area contributed by atoms with Gasteiger partial charge in [0.2, 0.25) is 0 Å². The first-order chi connectivity index (χ1) is 13.8. The van der Waals surface area contributed by atoms with Crippen molar-refractivity contribution in [3.8, 4) is 0 Å². The second-order valence-corrected chi connectivity index (χ2v) is 6.60. The van der Waals surface area contributed by atoms with Crippen molar-refractivity contribution in [2.24, 2.45) is 0 Å². The first-order valence-corrected chi connectivity index (χ1v) is 9.69. The van der Waals surface area contributed by atoms with E-state index in [-0.39, 0.29) is 5.91 Å². The summed E-state index contributed by atoms with van der Waals surface area (Å²) in [6.07, 6.45) is 5.06. The summed E-state index contributed by atoms with van der Waals surface area (Å²) in [6.45, 7) is 4.27. The topological polar surface area (TPSA) is 58.1 Å². The summed E-state index contributed by atoms with van der Waals surface area (Å²) in [5.41, 5.74) is 2.84. The molecule has 1 heterocycles. The van der Waals surface area contributed by atoms with E-state index in [0.717, 1.165) is 31.7 Å². The number of nitrogens with zero attached hydrogens (tertiary/aromatic N) is 3. The monoisotopic (exact) mass is 374 g/mol. The van der Waals surface area contributed by atoms with Crippen LogP contribution < -0.4 is 10.2 Å². The summed E-state index contributed by atoms with van der Waals surface area (Å²) >= 11 is 0. The van der Waals surface area contributed by atoms with Crippen LogP contribution in [0.15, 0.2) is 73.1 Å². The minimum absolute atomic E-state index is 0.182. The number of carbonyl (C=O) groups is 1. The standard InChI is InChI=1S/C23H26N4O/c1-2-27(18-20-12-7-4-8-13-20)22-17-25-21(16-26-22)23(28)24-15-9-14-19-10-5-3-6-11-19/h3-8,10-13,16-17H,2,9,14-15,18H2,1H3,(H,24,28). The summed E-state index contributed by atoms with van der Waals surface area (Å²) in [5.74, 6) is 0.588. The molecule has 2 aromatic carbocycles. The molecule has 5 nitrogen and oxygen atoms in total. The van der Waals surface area contributed by atoms with E-state index in [9.17, 15) is 4.79 Å². The molecule has 1 aromatic heterocycles. The maximum absolute atomic E-state index is 12.3. The van der Waals surface area contributed by atoms with Gasteiger partial charge in [0.1, 0.15) is 11.5 Å². The van der Waals surface area contributed by atoms with Gasteiger partial charge in [-0.15, -0.1) is 0 Å². The second kappa shape index (κ2) is 10.2. The maximum atomic E-state index is 12.3. The van der Waals surface area contributed by atoms with Gasteiger partial charge in [0, 0.05) is 19.6 Å². The number of nitrogens with one attached hydrogen (secondary N) is 1. The Morgan fingerprint density at radius 1 is 0.929 bits per heavy atom. The van der Waals surface area contributed by atoms with Crippen molar-refractivity contribution in [3.63, 3.8) is 0 Å². The summed E-state index contributed by atoms with van der Waals surface area (Å²) < 4.78 is 0. The molecule has 0 atom stereocenters. The van der Waals surface area contributed by atoms with E-state index in [1.54, 1.807) is 12.4 Å². The van der Waals surface area contributed by atoms with E-state index in [1.165, 1.54) is 11.1 Å². The van der Waals surface area contributed by atoms with Crippen LogP contribution in [-0.2, 0) is 13.0 Å². The van der Waals surface area contributed by atoms with Crippen LogP contribution in [0.2, 0.25) is 0 Å². The van der Waals surface area contributed by atoms with Crippen molar-refractivity contribution in [1.82, 2.24) is 15.3 Å². The number of amides is 1.